The Kier molecular flexibility index (Phi) is 7.64. The molecule has 1 aromatic rings. The highest BCUT2D eigenvalue weighted by Crippen LogP contribution is 2.25. The number of hydrogen-bond acceptors (Lipinski definition) is 5. The van der Waals surface area contributed by atoms with E-state index in [4.69, 9.17) is 0 Å². The van der Waals surface area contributed by atoms with Gasteiger partial charge in [-0.3, -0.25) is 4.79 Å². The Morgan fingerprint density at radius 1 is 1.26 bits per heavy atom. The average molecular weight is 418 g/mol. The van der Waals surface area contributed by atoms with Crippen molar-refractivity contribution < 1.29 is 18.3 Å². The zero-order valence-corrected chi connectivity index (χ0v) is 17.1. The molecule has 0 aromatic heterocycles. The largest absolute Gasteiger partial charge is 0.391 e. The van der Waals surface area contributed by atoms with Crippen LogP contribution in [0.1, 0.15) is 36.5 Å². The normalized spacial score (nSPS) is 26.4. The number of hydrogen-bond donors (Lipinski definition) is 3. The van der Waals surface area contributed by atoms with Crippen molar-refractivity contribution in [1.82, 2.24) is 14.9 Å². The van der Waals surface area contributed by atoms with Crippen LogP contribution in [0.5, 0.6) is 0 Å². The highest BCUT2D eigenvalue weighted by molar-refractivity contribution is 7.89. The minimum atomic E-state index is -3.53. The molecular formula is C18H28ClN3O4S. The molecule has 7 nitrogen and oxygen atoms in total. The number of carbonyl (C=O) groups excluding carboxylic acids is 1. The molecule has 27 heavy (non-hydrogen) atoms. The number of aliphatic hydroxyl groups excluding tert-OH is 1. The maximum atomic E-state index is 12.8. The van der Waals surface area contributed by atoms with Crippen LogP contribution < -0.4 is 10.6 Å². The summed E-state index contributed by atoms with van der Waals surface area (Å²) in [5.41, 5.74) is 0.413. The van der Waals surface area contributed by atoms with Crippen molar-refractivity contribution in [2.75, 3.05) is 26.2 Å². The molecule has 0 bridgehead atoms. The second kappa shape index (κ2) is 9.34. The van der Waals surface area contributed by atoms with Crippen LogP contribution in [0, 0.1) is 5.92 Å². The van der Waals surface area contributed by atoms with E-state index >= 15 is 0 Å². The number of nitrogens with zero attached hydrogens (tertiary/aromatic N) is 1. The molecule has 1 amide bonds. The molecule has 0 spiro atoms. The third-order valence-electron chi connectivity index (χ3n) is 5.29. The summed E-state index contributed by atoms with van der Waals surface area (Å²) in [5.74, 6) is -0.265. The van der Waals surface area contributed by atoms with E-state index in [9.17, 15) is 18.3 Å². The lowest BCUT2D eigenvalue weighted by Gasteiger charge is -2.32. The second-order valence-corrected chi connectivity index (χ2v) is 9.07. The smallest absolute Gasteiger partial charge is 0.251 e. The van der Waals surface area contributed by atoms with Crippen molar-refractivity contribution in [3.63, 3.8) is 0 Å². The van der Waals surface area contributed by atoms with Gasteiger partial charge in [-0.2, -0.15) is 4.31 Å². The third kappa shape index (κ3) is 5.00. The number of piperidine rings is 1. The summed E-state index contributed by atoms with van der Waals surface area (Å²) in [5, 5.41) is 15.6. The third-order valence-corrected chi connectivity index (χ3v) is 7.32. The van der Waals surface area contributed by atoms with Crippen LogP contribution in [-0.2, 0) is 10.0 Å². The molecule has 2 aliphatic rings. The Morgan fingerprint density at radius 2 is 1.96 bits per heavy atom. The maximum absolute atomic E-state index is 12.8. The van der Waals surface area contributed by atoms with E-state index in [1.165, 1.54) is 12.1 Å². The minimum absolute atomic E-state index is 0. The number of carbonyl (C=O) groups is 1. The van der Waals surface area contributed by atoms with Crippen molar-refractivity contribution in [1.29, 1.82) is 0 Å². The fourth-order valence-electron chi connectivity index (χ4n) is 3.60. The lowest BCUT2D eigenvalue weighted by molar-refractivity contribution is 0.0927. The van der Waals surface area contributed by atoms with E-state index in [1.807, 2.05) is 6.92 Å². The molecule has 2 fully saturated rings. The highest BCUT2D eigenvalue weighted by Gasteiger charge is 2.31. The Hall–Kier alpha value is -1.19. The molecule has 3 N–H and O–H groups in total. The van der Waals surface area contributed by atoms with Gasteiger partial charge in [0.25, 0.3) is 5.91 Å². The first-order valence-corrected chi connectivity index (χ1v) is 10.6. The van der Waals surface area contributed by atoms with Gasteiger partial charge in [0.05, 0.1) is 11.0 Å². The van der Waals surface area contributed by atoms with Crippen LogP contribution in [0.15, 0.2) is 29.2 Å². The van der Waals surface area contributed by atoms with Gasteiger partial charge >= 0.3 is 0 Å². The molecule has 0 aliphatic carbocycles. The summed E-state index contributed by atoms with van der Waals surface area (Å²) in [6.07, 6.45) is 2.36. The molecule has 1 aromatic carbocycles. The SMILES string of the molecule is CC1CCCCN1S(=O)(=O)c1ccc(C(=O)NCC2CNCC2O)cc1.Cl. The zero-order valence-electron chi connectivity index (χ0n) is 15.4. The molecule has 2 heterocycles. The van der Waals surface area contributed by atoms with Gasteiger partial charge in [-0.15, -0.1) is 12.4 Å². The second-order valence-electron chi connectivity index (χ2n) is 7.18. The average Bonchev–Trinajstić information content (AvgIpc) is 3.05. The van der Waals surface area contributed by atoms with Gasteiger partial charge < -0.3 is 15.7 Å². The van der Waals surface area contributed by atoms with Gasteiger partial charge in [0.1, 0.15) is 0 Å². The van der Waals surface area contributed by atoms with E-state index in [1.54, 1.807) is 16.4 Å². The van der Waals surface area contributed by atoms with E-state index in [2.05, 4.69) is 10.6 Å². The van der Waals surface area contributed by atoms with E-state index < -0.39 is 16.1 Å². The number of rotatable bonds is 5. The Bertz CT molecular complexity index is 741. The van der Waals surface area contributed by atoms with Crippen molar-refractivity contribution in [2.24, 2.45) is 5.92 Å². The van der Waals surface area contributed by atoms with Gasteiger partial charge in [-0.25, -0.2) is 8.42 Å². The summed E-state index contributed by atoms with van der Waals surface area (Å²) < 4.78 is 27.2. The number of aliphatic hydroxyl groups is 1. The van der Waals surface area contributed by atoms with Gasteiger partial charge in [0, 0.05) is 43.7 Å². The molecule has 3 unspecified atom stereocenters. The van der Waals surface area contributed by atoms with Crippen LogP contribution in [0.25, 0.3) is 0 Å². The van der Waals surface area contributed by atoms with Crippen LogP contribution in [0.4, 0.5) is 0 Å². The minimum Gasteiger partial charge on any atom is -0.391 e. The predicted molar refractivity (Wildman–Crippen MR) is 106 cm³/mol. The van der Waals surface area contributed by atoms with E-state index in [-0.39, 0.29) is 35.2 Å². The number of sulfonamides is 1. The summed E-state index contributed by atoms with van der Waals surface area (Å²) in [6.45, 7) is 4.08. The summed E-state index contributed by atoms with van der Waals surface area (Å²) >= 11 is 0. The van der Waals surface area contributed by atoms with E-state index in [0.29, 0.717) is 31.7 Å². The molecule has 0 radical (unpaired) electrons. The molecule has 0 saturated carbocycles. The first-order chi connectivity index (χ1) is 12.4. The summed E-state index contributed by atoms with van der Waals surface area (Å²) in [4.78, 5) is 12.5. The molecule has 152 valence electrons. The van der Waals surface area contributed by atoms with Gasteiger partial charge in [-0.05, 0) is 44.0 Å². The number of β-amino-alcohol motifs (C(OH)–C–C–N with tert-alkyl or cyclic N) is 1. The van der Waals surface area contributed by atoms with Crippen LogP contribution >= 0.6 is 12.4 Å². The monoisotopic (exact) mass is 417 g/mol. The predicted octanol–water partition coefficient (Wildman–Crippen LogP) is 0.982. The summed E-state index contributed by atoms with van der Waals surface area (Å²) in [6, 6.07) is 6.08. The highest BCUT2D eigenvalue weighted by atomic mass is 35.5. The lowest BCUT2D eigenvalue weighted by atomic mass is 10.1. The summed E-state index contributed by atoms with van der Waals surface area (Å²) in [7, 11) is -3.53. The molecule has 2 aliphatic heterocycles. The topological polar surface area (TPSA) is 98.7 Å². The van der Waals surface area contributed by atoms with Crippen molar-refractivity contribution in [3.8, 4) is 0 Å². The maximum Gasteiger partial charge on any atom is 0.251 e. The molecular weight excluding hydrogens is 390 g/mol. The quantitative estimate of drug-likeness (QED) is 0.663. The number of nitrogens with one attached hydrogen (secondary N) is 2. The Labute approximate surface area is 167 Å². The Morgan fingerprint density at radius 3 is 2.56 bits per heavy atom. The van der Waals surface area contributed by atoms with Crippen molar-refractivity contribution >= 4 is 28.3 Å². The van der Waals surface area contributed by atoms with Crippen molar-refractivity contribution in [3.05, 3.63) is 29.8 Å². The Balaban J connectivity index is 0.00000261. The number of halogens is 1. The first-order valence-electron chi connectivity index (χ1n) is 9.18. The van der Waals surface area contributed by atoms with Gasteiger partial charge in [-0.1, -0.05) is 6.42 Å². The first kappa shape index (κ1) is 22.1. The van der Waals surface area contributed by atoms with Gasteiger partial charge in [0.15, 0.2) is 0 Å². The molecule has 9 heteroatoms. The molecule has 2 saturated heterocycles. The van der Waals surface area contributed by atoms with Crippen molar-refractivity contribution in [2.45, 2.75) is 43.2 Å². The fourth-order valence-corrected chi connectivity index (χ4v) is 5.30. The molecule has 3 atom stereocenters. The van der Waals surface area contributed by atoms with Crippen LogP contribution in [0.2, 0.25) is 0 Å². The van der Waals surface area contributed by atoms with Crippen LogP contribution in [0.3, 0.4) is 0 Å². The van der Waals surface area contributed by atoms with Crippen LogP contribution in [-0.4, -0.2) is 62.1 Å². The standard InChI is InChI=1S/C18H27N3O4S.ClH/c1-13-4-2-3-9-21(13)26(24,25)16-7-5-14(6-8-16)18(23)20-11-15-10-19-12-17(15)22;/h5-8,13,15,17,19,22H,2-4,9-12H2,1H3,(H,20,23);1H. The fraction of sp³-hybridized carbons (Fsp3) is 0.611. The number of benzene rings is 1. The lowest BCUT2D eigenvalue weighted by Crippen LogP contribution is -2.41. The number of amides is 1. The zero-order chi connectivity index (χ0) is 18.7. The van der Waals surface area contributed by atoms with Gasteiger partial charge in [0.2, 0.25) is 10.0 Å². The molecule has 3 rings (SSSR count). The van der Waals surface area contributed by atoms with E-state index in [0.717, 1.165) is 19.3 Å².